The summed E-state index contributed by atoms with van der Waals surface area (Å²) in [5.41, 5.74) is 1.06. The predicted molar refractivity (Wildman–Crippen MR) is 194 cm³/mol. The summed E-state index contributed by atoms with van der Waals surface area (Å²) in [6.07, 6.45) is 3.77. The molecule has 2 aromatic carbocycles. The van der Waals surface area contributed by atoms with E-state index in [1.807, 2.05) is 60.7 Å². The van der Waals surface area contributed by atoms with Crippen molar-refractivity contribution < 1.29 is 38.2 Å². The van der Waals surface area contributed by atoms with Crippen molar-refractivity contribution in [2.24, 2.45) is 0 Å². The van der Waals surface area contributed by atoms with Gasteiger partial charge in [-0.2, -0.15) is 0 Å². The zero-order chi connectivity index (χ0) is 37.7. The van der Waals surface area contributed by atoms with Gasteiger partial charge in [-0.05, 0) is 83.3 Å². The molecule has 0 aliphatic carbocycles. The molecule has 13 heteroatoms. The average molecular weight is 730 g/mol. The fourth-order valence-corrected chi connectivity index (χ4v) is 8.07. The molecule has 4 aliphatic heterocycles. The number of rotatable bonds is 9. The van der Waals surface area contributed by atoms with Gasteiger partial charge >= 0.3 is 12.1 Å². The van der Waals surface area contributed by atoms with Gasteiger partial charge in [0.15, 0.2) is 6.61 Å². The van der Waals surface area contributed by atoms with Crippen LogP contribution in [-0.4, -0.2) is 118 Å². The van der Waals surface area contributed by atoms with Gasteiger partial charge in [0.1, 0.15) is 29.8 Å². The number of carbonyl (C=O) groups is 6. The number of nitrogens with one attached hydrogen (secondary N) is 1. The van der Waals surface area contributed by atoms with Crippen LogP contribution in [0.3, 0.4) is 0 Å². The number of likely N-dealkylation sites (tertiary alicyclic amines) is 4. The quantitative estimate of drug-likeness (QED) is 0.384. The maximum atomic E-state index is 14.1. The minimum Gasteiger partial charge on any atom is -0.454 e. The van der Waals surface area contributed by atoms with Crippen LogP contribution in [0, 0.1) is 0 Å². The first-order valence-corrected chi connectivity index (χ1v) is 18.9. The van der Waals surface area contributed by atoms with Crippen molar-refractivity contribution in [3.8, 4) is 0 Å². The van der Waals surface area contributed by atoms with E-state index in [-0.39, 0.29) is 17.7 Å². The Morgan fingerprint density at radius 1 is 0.623 bits per heavy atom. The van der Waals surface area contributed by atoms with Gasteiger partial charge in [-0.3, -0.25) is 24.1 Å². The number of esters is 1. The van der Waals surface area contributed by atoms with E-state index in [1.165, 1.54) is 9.80 Å². The molecular formula is C40H51N5O8. The lowest BCUT2D eigenvalue weighted by Gasteiger charge is -2.35. The molecule has 0 saturated carbocycles. The van der Waals surface area contributed by atoms with Gasteiger partial charge in [0, 0.05) is 26.2 Å². The second-order valence-corrected chi connectivity index (χ2v) is 15.3. The Labute approximate surface area is 310 Å². The number of amides is 5. The molecule has 0 radical (unpaired) electrons. The molecule has 0 bridgehead atoms. The summed E-state index contributed by atoms with van der Waals surface area (Å²) in [6.45, 7) is 6.35. The van der Waals surface area contributed by atoms with Crippen LogP contribution in [0.15, 0.2) is 60.7 Å². The average Bonchev–Trinajstić information content (AvgIpc) is 3.99. The van der Waals surface area contributed by atoms with E-state index in [9.17, 15) is 28.8 Å². The first-order chi connectivity index (χ1) is 25.4. The monoisotopic (exact) mass is 729 g/mol. The van der Waals surface area contributed by atoms with E-state index in [2.05, 4.69) is 5.32 Å². The summed E-state index contributed by atoms with van der Waals surface area (Å²) in [7, 11) is 0. The first kappa shape index (κ1) is 37.8. The van der Waals surface area contributed by atoms with Gasteiger partial charge in [-0.25, -0.2) is 9.59 Å². The van der Waals surface area contributed by atoms with Crippen molar-refractivity contribution in [3.05, 3.63) is 71.8 Å². The van der Waals surface area contributed by atoms with E-state index in [1.54, 1.807) is 30.6 Å². The summed E-state index contributed by atoms with van der Waals surface area (Å²) in [5.74, 6) is -2.00. The van der Waals surface area contributed by atoms with E-state index in [0.717, 1.165) is 11.1 Å². The number of hydrogen-bond acceptors (Lipinski definition) is 8. The molecule has 53 heavy (non-hydrogen) atoms. The molecule has 0 unspecified atom stereocenters. The molecule has 0 spiro atoms. The van der Waals surface area contributed by atoms with Gasteiger partial charge in [-0.15, -0.1) is 0 Å². The molecule has 4 saturated heterocycles. The van der Waals surface area contributed by atoms with Crippen molar-refractivity contribution in [2.75, 3.05) is 32.8 Å². The highest BCUT2D eigenvalue weighted by Gasteiger charge is 2.48. The highest BCUT2D eigenvalue weighted by molar-refractivity contribution is 5.96. The zero-order valence-electron chi connectivity index (χ0n) is 30.9. The fourth-order valence-electron chi connectivity index (χ4n) is 8.07. The molecule has 6 rings (SSSR count). The van der Waals surface area contributed by atoms with E-state index in [4.69, 9.17) is 9.47 Å². The maximum Gasteiger partial charge on any atom is 0.410 e. The van der Waals surface area contributed by atoms with Gasteiger partial charge in [0.25, 0.3) is 5.91 Å². The van der Waals surface area contributed by atoms with Crippen LogP contribution in [0.2, 0.25) is 0 Å². The van der Waals surface area contributed by atoms with Crippen LogP contribution < -0.4 is 5.32 Å². The van der Waals surface area contributed by atoms with Gasteiger partial charge < -0.3 is 29.5 Å². The Morgan fingerprint density at radius 2 is 1.02 bits per heavy atom. The third-order valence-electron chi connectivity index (χ3n) is 10.5. The molecule has 1 N–H and O–H groups in total. The fraction of sp³-hybridized carbons (Fsp3) is 0.550. The summed E-state index contributed by atoms with van der Waals surface area (Å²) in [4.78, 5) is 87.5. The smallest absolute Gasteiger partial charge is 0.410 e. The molecule has 4 heterocycles. The predicted octanol–water partition coefficient (Wildman–Crippen LogP) is 3.81. The Morgan fingerprint density at radius 3 is 1.47 bits per heavy atom. The van der Waals surface area contributed by atoms with E-state index in [0.29, 0.717) is 77.5 Å². The van der Waals surface area contributed by atoms with Crippen LogP contribution in [0.4, 0.5) is 4.79 Å². The number of hydrogen-bond donors (Lipinski definition) is 1. The van der Waals surface area contributed by atoms with Gasteiger partial charge in [0.05, 0.1) is 6.04 Å². The lowest BCUT2D eigenvalue weighted by atomic mass is 9.99. The first-order valence-electron chi connectivity index (χ1n) is 18.9. The summed E-state index contributed by atoms with van der Waals surface area (Å²) >= 11 is 0. The molecule has 4 fully saturated rings. The molecule has 0 aromatic heterocycles. The molecular weight excluding hydrogens is 678 g/mol. The van der Waals surface area contributed by atoms with Crippen LogP contribution in [0.25, 0.3) is 0 Å². The normalized spacial score (nSPS) is 23.0. The van der Waals surface area contributed by atoms with E-state index < -0.39 is 60.4 Å². The van der Waals surface area contributed by atoms with Crippen molar-refractivity contribution in [2.45, 2.75) is 108 Å². The Bertz CT molecular complexity index is 1620. The third kappa shape index (κ3) is 8.66. The van der Waals surface area contributed by atoms with Crippen LogP contribution in [-0.2, 0) is 33.4 Å². The third-order valence-corrected chi connectivity index (χ3v) is 10.5. The van der Waals surface area contributed by atoms with Crippen molar-refractivity contribution in [1.29, 1.82) is 0 Å². The van der Waals surface area contributed by atoms with E-state index >= 15 is 0 Å². The highest BCUT2D eigenvalue weighted by atomic mass is 16.6. The van der Waals surface area contributed by atoms with Crippen molar-refractivity contribution >= 4 is 35.7 Å². The Balaban J connectivity index is 1.06. The topological polar surface area (TPSA) is 146 Å². The lowest BCUT2D eigenvalue weighted by molar-refractivity contribution is -0.158. The van der Waals surface area contributed by atoms with Crippen molar-refractivity contribution in [1.82, 2.24) is 24.9 Å². The maximum absolute atomic E-state index is 14.1. The number of carbonyl (C=O) groups excluding carboxylic acids is 6. The second-order valence-electron chi connectivity index (χ2n) is 15.3. The number of ether oxygens (including phenoxy) is 2. The molecule has 4 aliphatic rings. The SMILES string of the molecule is CC(C)(C)OC(=O)N1CCC[C@H]1C(=O)N1CCC[C@H]1C(=O)N1CCC[C@H]1C(=O)N1CCC[C@H]1C(=O)OCC(=O)NC(c1ccccc1)c1ccccc1. The lowest BCUT2D eigenvalue weighted by Crippen LogP contribution is -2.57. The summed E-state index contributed by atoms with van der Waals surface area (Å²) in [6, 6.07) is 15.5. The van der Waals surface area contributed by atoms with Gasteiger partial charge in [-0.1, -0.05) is 60.7 Å². The second kappa shape index (κ2) is 16.4. The Kier molecular flexibility index (Phi) is 11.7. The minimum atomic E-state index is -0.863. The van der Waals surface area contributed by atoms with Crippen molar-refractivity contribution in [3.63, 3.8) is 0 Å². The largest absolute Gasteiger partial charge is 0.454 e. The minimum absolute atomic E-state index is 0.267. The molecule has 13 nitrogen and oxygen atoms in total. The van der Waals surface area contributed by atoms with Crippen LogP contribution in [0.1, 0.15) is 89.3 Å². The molecule has 284 valence electrons. The van der Waals surface area contributed by atoms with Crippen LogP contribution in [0.5, 0.6) is 0 Å². The number of nitrogens with zero attached hydrogens (tertiary/aromatic N) is 4. The molecule has 2 aromatic rings. The van der Waals surface area contributed by atoms with Gasteiger partial charge in [0.2, 0.25) is 17.7 Å². The van der Waals surface area contributed by atoms with Crippen LogP contribution >= 0.6 is 0 Å². The number of benzene rings is 2. The molecule has 4 atom stereocenters. The highest BCUT2D eigenvalue weighted by Crippen LogP contribution is 2.31. The Hall–Kier alpha value is -4.94. The molecule has 5 amide bonds. The zero-order valence-corrected chi connectivity index (χ0v) is 30.9. The summed E-state index contributed by atoms with van der Waals surface area (Å²) in [5, 5.41) is 2.97. The summed E-state index contributed by atoms with van der Waals surface area (Å²) < 4.78 is 11.1. The standard InChI is InChI=1S/C40H51N5O8/c1-40(2,3)53-39(51)45-25-12-20-31(45)37(49)43-23-10-18-29(43)35(47)42-22-11-19-30(42)36(48)44-24-13-21-32(44)38(50)52-26-33(46)41-34(27-14-6-4-7-15-27)28-16-8-5-9-17-28/h4-9,14-17,29-32,34H,10-13,18-26H2,1-3H3,(H,41,46)/t29-,30-,31-,32-/m0/s1.